The third-order valence-corrected chi connectivity index (χ3v) is 4.82. The molecular weight excluding hydrogens is 148 g/mol. The Kier molecular flexibility index (Phi) is 1.34. The topological polar surface area (TPSA) is 17.1 Å². The molecule has 1 nitrogen and oxygen atoms in total. The van der Waals surface area contributed by atoms with E-state index in [1.807, 2.05) is 0 Å². The SMILES string of the molecule is CC1(C)C2CCC(=O)C2C1(C)C. The molecule has 0 amide bonds. The molecule has 0 aromatic heterocycles. The summed E-state index contributed by atoms with van der Waals surface area (Å²) in [6, 6.07) is 0. The van der Waals surface area contributed by atoms with E-state index in [1.165, 1.54) is 0 Å². The third-order valence-electron chi connectivity index (χ3n) is 4.82. The summed E-state index contributed by atoms with van der Waals surface area (Å²) < 4.78 is 0. The van der Waals surface area contributed by atoms with E-state index < -0.39 is 0 Å². The highest BCUT2D eigenvalue weighted by Crippen LogP contribution is 2.68. The van der Waals surface area contributed by atoms with Crippen molar-refractivity contribution in [1.29, 1.82) is 0 Å². The fourth-order valence-corrected chi connectivity index (χ4v) is 3.31. The lowest BCUT2D eigenvalue weighted by Crippen LogP contribution is -2.59. The summed E-state index contributed by atoms with van der Waals surface area (Å²) in [5, 5.41) is 0. The fourth-order valence-electron chi connectivity index (χ4n) is 3.31. The lowest BCUT2D eigenvalue weighted by Gasteiger charge is -2.62. The Balaban J connectivity index is 2.34. The van der Waals surface area contributed by atoms with Crippen molar-refractivity contribution in [2.75, 3.05) is 0 Å². The maximum Gasteiger partial charge on any atom is 0.136 e. The maximum atomic E-state index is 11.5. The van der Waals surface area contributed by atoms with Crippen LogP contribution in [0.4, 0.5) is 0 Å². The van der Waals surface area contributed by atoms with Crippen LogP contribution in [0.1, 0.15) is 40.5 Å². The highest BCUT2D eigenvalue weighted by atomic mass is 16.1. The van der Waals surface area contributed by atoms with E-state index in [9.17, 15) is 4.79 Å². The molecule has 0 saturated heterocycles. The van der Waals surface area contributed by atoms with E-state index in [1.54, 1.807) is 0 Å². The van der Waals surface area contributed by atoms with Gasteiger partial charge >= 0.3 is 0 Å². The van der Waals surface area contributed by atoms with Gasteiger partial charge in [0.2, 0.25) is 0 Å². The summed E-state index contributed by atoms with van der Waals surface area (Å²) in [5.74, 6) is 1.58. The van der Waals surface area contributed by atoms with Gasteiger partial charge in [0.15, 0.2) is 0 Å². The normalized spacial score (nSPS) is 42.2. The van der Waals surface area contributed by atoms with E-state index in [0.29, 0.717) is 23.0 Å². The minimum absolute atomic E-state index is 0.241. The van der Waals surface area contributed by atoms with Crippen molar-refractivity contribution >= 4 is 5.78 Å². The molecule has 68 valence electrons. The van der Waals surface area contributed by atoms with Crippen molar-refractivity contribution in [3.8, 4) is 0 Å². The molecule has 2 fully saturated rings. The number of Topliss-reactive ketones (excluding diaryl/α,β-unsaturated/α-hetero) is 1. The van der Waals surface area contributed by atoms with Gasteiger partial charge in [0.1, 0.15) is 5.78 Å². The smallest absolute Gasteiger partial charge is 0.136 e. The number of fused-ring (bicyclic) bond motifs is 1. The van der Waals surface area contributed by atoms with Crippen molar-refractivity contribution in [3.05, 3.63) is 0 Å². The molecular formula is C11H18O. The molecule has 12 heavy (non-hydrogen) atoms. The summed E-state index contributed by atoms with van der Waals surface area (Å²) in [7, 11) is 0. The molecule has 0 bridgehead atoms. The van der Waals surface area contributed by atoms with Gasteiger partial charge < -0.3 is 0 Å². The van der Waals surface area contributed by atoms with Crippen LogP contribution in [0.3, 0.4) is 0 Å². The average Bonchev–Trinajstić information content (AvgIpc) is 2.30. The second-order valence-corrected chi connectivity index (χ2v) is 5.53. The molecule has 2 saturated carbocycles. The molecule has 2 aliphatic carbocycles. The van der Waals surface area contributed by atoms with Gasteiger partial charge in [0, 0.05) is 12.3 Å². The van der Waals surface area contributed by atoms with Gasteiger partial charge in [-0.25, -0.2) is 0 Å². The monoisotopic (exact) mass is 166 g/mol. The molecule has 2 rings (SSSR count). The Bertz CT molecular complexity index is 237. The number of hydrogen-bond acceptors (Lipinski definition) is 1. The van der Waals surface area contributed by atoms with Gasteiger partial charge in [0.05, 0.1) is 0 Å². The van der Waals surface area contributed by atoms with Gasteiger partial charge in [-0.05, 0) is 23.2 Å². The molecule has 0 aliphatic heterocycles. The fraction of sp³-hybridized carbons (Fsp3) is 0.909. The highest BCUT2D eigenvalue weighted by Gasteiger charge is 2.65. The molecule has 0 N–H and O–H groups in total. The van der Waals surface area contributed by atoms with Gasteiger partial charge in [-0.15, -0.1) is 0 Å². The first-order chi connectivity index (χ1) is 5.39. The molecule has 0 aromatic carbocycles. The molecule has 0 radical (unpaired) electrons. The Morgan fingerprint density at radius 1 is 1.17 bits per heavy atom. The second kappa shape index (κ2) is 1.94. The quantitative estimate of drug-likeness (QED) is 0.540. The van der Waals surface area contributed by atoms with E-state index >= 15 is 0 Å². The third kappa shape index (κ3) is 0.641. The van der Waals surface area contributed by atoms with Gasteiger partial charge in [-0.2, -0.15) is 0 Å². The number of rotatable bonds is 0. The van der Waals surface area contributed by atoms with Crippen LogP contribution in [-0.2, 0) is 4.79 Å². The van der Waals surface area contributed by atoms with Crippen LogP contribution in [0.25, 0.3) is 0 Å². The van der Waals surface area contributed by atoms with Crippen LogP contribution in [0.15, 0.2) is 0 Å². The van der Waals surface area contributed by atoms with E-state index in [0.717, 1.165) is 12.8 Å². The van der Waals surface area contributed by atoms with Gasteiger partial charge in [-0.1, -0.05) is 27.7 Å². The first kappa shape index (κ1) is 8.28. The summed E-state index contributed by atoms with van der Waals surface area (Å²) in [6.45, 7) is 9.12. The number of hydrogen-bond donors (Lipinski definition) is 0. The molecule has 2 unspecified atom stereocenters. The second-order valence-electron chi connectivity index (χ2n) is 5.53. The Labute approximate surface area is 74.5 Å². The Morgan fingerprint density at radius 3 is 2.25 bits per heavy atom. The zero-order valence-electron chi connectivity index (χ0n) is 8.48. The van der Waals surface area contributed by atoms with E-state index in [2.05, 4.69) is 27.7 Å². The first-order valence-electron chi connectivity index (χ1n) is 4.92. The number of ketones is 1. The molecule has 0 aromatic rings. The predicted octanol–water partition coefficient (Wildman–Crippen LogP) is 2.65. The van der Waals surface area contributed by atoms with Crippen molar-refractivity contribution < 1.29 is 4.79 Å². The number of carbonyl (C=O) groups is 1. The summed E-state index contributed by atoms with van der Waals surface area (Å²) in [5.41, 5.74) is 0.620. The maximum absolute atomic E-state index is 11.5. The standard InChI is InChI=1S/C11H18O/c1-10(2)7-5-6-8(12)9(7)11(10,3)4/h7,9H,5-6H2,1-4H3. The molecule has 1 heteroatoms. The first-order valence-corrected chi connectivity index (χ1v) is 4.92. The van der Waals surface area contributed by atoms with Crippen molar-refractivity contribution in [3.63, 3.8) is 0 Å². The predicted molar refractivity (Wildman–Crippen MR) is 48.8 cm³/mol. The molecule has 2 atom stereocenters. The highest BCUT2D eigenvalue weighted by molar-refractivity contribution is 5.86. The van der Waals surface area contributed by atoms with Crippen LogP contribution < -0.4 is 0 Å². The summed E-state index contributed by atoms with van der Waals surface area (Å²) >= 11 is 0. The average molecular weight is 166 g/mol. The molecule has 0 spiro atoms. The van der Waals surface area contributed by atoms with Crippen molar-refractivity contribution in [2.24, 2.45) is 22.7 Å². The lowest BCUT2D eigenvalue weighted by atomic mass is 9.41. The minimum atomic E-state index is 0.241. The van der Waals surface area contributed by atoms with Crippen molar-refractivity contribution in [1.82, 2.24) is 0 Å². The van der Waals surface area contributed by atoms with E-state index in [-0.39, 0.29) is 5.41 Å². The lowest BCUT2D eigenvalue weighted by molar-refractivity contribution is -0.165. The van der Waals surface area contributed by atoms with Crippen LogP contribution in [0, 0.1) is 22.7 Å². The molecule has 0 heterocycles. The van der Waals surface area contributed by atoms with Crippen LogP contribution in [0.5, 0.6) is 0 Å². The Morgan fingerprint density at radius 2 is 1.75 bits per heavy atom. The number of carbonyl (C=O) groups excluding carboxylic acids is 1. The summed E-state index contributed by atoms with van der Waals surface area (Å²) in [6.07, 6.45) is 1.97. The Hall–Kier alpha value is -0.330. The summed E-state index contributed by atoms with van der Waals surface area (Å²) in [4.78, 5) is 11.5. The van der Waals surface area contributed by atoms with Crippen LogP contribution in [-0.4, -0.2) is 5.78 Å². The zero-order valence-corrected chi connectivity index (χ0v) is 8.48. The van der Waals surface area contributed by atoms with Crippen LogP contribution in [0.2, 0.25) is 0 Å². The minimum Gasteiger partial charge on any atom is -0.299 e. The van der Waals surface area contributed by atoms with Gasteiger partial charge in [-0.3, -0.25) is 4.79 Å². The van der Waals surface area contributed by atoms with E-state index in [4.69, 9.17) is 0 Å². The van der Waals surface area contributed by atoms with Crippen molar-refractivity contribution in [2.45, 2.75) is 40.5 Å². The zero-order chi connectivity index (χ0) is 9.15. The molecule has 2 aliphatic rings. The largest absolute Gasteiger partial charge is 0.299 e. The van der Waals surface area contributed by atoms with Crippen LogP contribution >= 0.6 is 0 Å². The van der Waals surface area contributed by atoms with Gasteiger partial charge in [0.25, 0.3) is 0 Å².